The van der Waals surface area contributed by atoms with Crippen molar-refractivity contribution in [3.05, 3.63) is 64.5 Å². The lowest BCUT2D eigenvalue weighted by Gasteiger charge is -2.14. The van der Waals surface area contributed by atoms with Crippen molar-refractivity contribution in [3.8, 4) is 0 Å². The summed E-state index contributed by atoms with van der Waals surface area (Å²) in [6.45, 7) is 4.49. The van der Waals surface area contributed by atoms with Crippen LogP contribution in [0.5, 0.6) is 0 Å². The van der Waals surface area contributed by atoms with E-state index in [0.717, 1.165) is 22.4 Å². The highest BCUT2D eigenvalue weighted by Crippen LogP contribution is 2.21. The summed E-state index contributed by atoms with van der Waals surface area (Å²) < 4.78 is 13.3. The molecule has 5 heteroatoms. The average molecular weight is 287 g/mol. The molecule has 0 aliphatic carbocycles. The van der Waals surface area contributed by atoms with Crippen molar-refractivity contribution in [3.63, 3.8) is 0 Å². The molecule has 0 fully saturated rings. The van der Waals surface area contributed by atoms with Crippen LogP contribution < -0.4 is 11.1 Å². The topological polar surface area (TPSA) is 70.6 Å². The first kappa shape index (κ1) is 14.8. The van der Waals surface area contributed by atoms with E-state index in [2.05, 4.69) is 10.5 Å². The Morgan fingerprint density at radius 3 is 2.52 bits per heavy atom. The van der Waals surface area contributed by atoms with Crippen molar-refractivity contribution >= 4 is 11.5 Å². The number of para-hydroxylation sites is 1. The third kappa shape index (κ3) is 3.31. The molecule has 4 nitrogen and oxygen atoms in total. The summed E-state index contributed by atoms with van der Waals surface area (Å²) in [6, 6.07) is 10.3. The Bertz CT molecular complexity index is 663. The quantitative estimate of drug-likeness (QED) is 0.350. The summed E-state index contributed by atoms with van der Waals surface area (Å²) in [5.41, 5.74) is 10.0. The Morgan fingerprint density at radius 2 is 1.90 bits per heavy atom. The lowest BCUT2D eigenvalue weighted by atomic mass is 10.0. The fraction of sp³-hybridized carbons (Fsp3) is 0.188. The van der Waals surface area contributed by atoms with E-state index in [1.165, 1.54) is 12.1 Å². The molecule has 0 radical (unpaired) electrons. The van der Waals surface area contributed by atoms with Crippen molar-refractivity contribution < 1.29 is 9.60 Å². The Morgan fingerprint density at radius 1 is 1.24 bits per heavy atom. The van der Waals surface area contributed by atoms with Crippen LogP contribution in [0.3, 0.4) is 0 Å². The minimum atomic E-state index is -0.424. The zero-order chi connectivity index (χ0) is 15.4. The third-order valence-corrected chi connectivity index (χ3v) is 3.39. The zero-order valence-electron chi connectivity index (χ0n) is 12.0. The molecular weight excluding hydrogens is 269 g/mol. The van der Waals surface area contributed by atoms with Gasteiger partial charge in [-0.15, -0.1) is 0 Å². The van der Waals surface area contributed by atoms with Crippen LogP contribution >= 0.6 is 0 Å². The number of nitrogens with two attached hydrogens (primary N) is 1. The number of nitrogens with zero attached hydrogens (tertiary/aromatic N) is 1. The fourth-order valence-electron chi connectivity index (χ4n) is 2.27. The first-order chi connectivity index (χ1) is 10.0. The molecule has 2 aromatic rings. The van der Waals surface area contributed by atoms with Crippen LogP contribution in [0.1, 0.15) is 22.3 Å². The Kier molecular flexibility index (Phi) is 4.42. The molecule has 0 saturated carbocycles. The monoisotopic (exact) mass is 287 g/mol. The molecule has 0 bridgehead atoms. The molecule has 0 aliphatic heterocycles. The van der Waals surface area contributed by atoms with Gasteiger partial charge in [-0.2, -0.15) is 0 Å². The van der Waals surface area contributed by atoms with Gasteiger partial charge in [0.2, 0.25) is 0 Å². The number of benzene rings is 2. The second kappa shape index (κ2) is 6.26. The Balaban J connectivity index is 2.28. The van der Waals surface area contributed by atoms with Gasteiger partial charge in [0.15, 0.2) is 5.84 Å². The maximum Gasteiger partial charge on any atom is 0.170 e. The maximum absolute atomic E-state index is 13.3. The van der Waals surface area contributed by atoms with Gasteiger partial charge in [-0.05, 0) is 42.7 Å². The number of hydrogen-bond acceptors (Lipinski definition) is 3. The summed E-state index contributed by atoms with van der Waals surface area (Å²) in [7, 11) is 0. The van der Waals surface area contributed by atoms with E-state index in [0.29, 0.717) is 12.1 Å². The van der Waals surface area contributed by atoms with Crippen LogP contribution in [0.25, 0.3) is 0 Å². The molecule has 0 spiro atoms. The number of amidine groups is 1. The summed E-state index contributed by atoms with van der Waals surface area (Å²) in [5.74, 6) is -0.528. The number of hydrogen-bond donors (Lipinski definition) is 3. The normalized spacial score (nSPS) is 11.5. The molecule has 2 rings (SSSR count). The predicted octanol–water partition coefficient (Wildman–Crippen LogP) is 3.15. The molecule has 110 valence electrons. The van der Waals surface area contributed by atoms with Crippen molar-refractivity contribution in [2.24, 2.45) is 10.9 Å². The van der Waals surface area contributed by atoms with Crippen LogP contribution in [0.4, 0.5) is 10.1 Å². The average Bonchev–Trinajstić information content (AvgIpc) is 2.47. The number of oxime groups is 1. The van der Waals surface area contributed by atoms with E-state index in [9.17, 15) is 4.39 Å². The van der Waals surface area contributed by atoms with Crippen molar-refractivity contribution in [1.29, 1.82) is 0 Å². The van der Waals surface area contributed by atoms with Gasteiger partial charge in [-0.1, -0.05) is 29.4 Å². The minimum Gasteiger partial charge on any atom is -0.409 e. The molecule has 2 aromatic carbocycles. The SMILES string of the molecule is Cc1cccc(C)c1NCc1ccc(F)cc1C(N)=NO. The Labute approximate surface area is 123 Å². The number of anilines is 1. The summed E-state index contributed by atoms with van der Waals surface area (Å²) in [5, 5.41) is 15.1. The van der Waals surface area contributed by atoms with Gasteiger partial charge in [0.25, 0.3) is 0 Å². The molecule has 0 saturated heterocycles. The van der Waals surface area contributed by atoms with Crippen LogP contribution in [-0.4, -0.2) is 11.0 Å². The van der Waals surface area contributed by atoms with Crippen LogP contribution in [-0.2, 0) is 6.54 Å². The highest BCUT2D eigenvalue weighted by Gasteiger charge is 2.09. The summed E-state index contributed by atoms with van der Waals surface area (Å²) in [6.07, 6.45) is 0. The maximum atomic E-state index is 13.3. The van der Waals surface area contributed by atoms with Crippen molar-refractivity contribution in [1.82, 2.24) is 0 Å². The second-order valence-electron chi connectivity index (χ2n) is 4.91. The van der Waals surface area contributed by atoms with E-state index < -0.39 is 5.82 Å². The smallest absolute Gasteiger partial charge is 0.170 e. The van der Waals surface area contributed by atoms with Crippen LogP contribution in [0.2, 0.25) is 0 Å². The van der Waals surface area contributed by atoms with Gasteiger partial charge in [-0.3, -0.25) is 0 Å². The first-order valence-corrected chi connectivity index (χ1v) is 6.59. The number of aryl methyl sites for hydroxylation is 2. The molecule has 0 unspecified atom stereocenters. The van der Waals surface area contributed by atoms with Crippen LogP contribution in [0.15, 0.2) is 41.6 Å². The van der Waals surface area contributed by atoms with E-state index in [1.807, 2.05) is 32.0 Å². The Hall–Kier alpha value is -2.56. The van der Waals surface area contributed by atoms with Gasteiger partial charge >= 0.3 is 0 Å². The molecule has 0 aromatic heterocycles. The highest BCUT2D eigenvalue weighted by molar-refractivity contribution is 5.98. The molecule has 0 atom stereocenters. The van der Waals surface area contributed by atoms with Crippen molar-refractivity contribution in [2.75, 3.05) is 5.32 Å². The lowest BCUT2D eigenvalue weighted by molar-refractivity contribution is 0.318. The molecule has 0 aliphatic rings. The number of halogens is 1. The molecule has 4 N–H and O–H groups in total. The van der Waals surface area contributed by atoms with Crippen LogP contribution in [0, 0.1) is 19.7 Å². The predicted molar refractivity (Wildman–Crippen MR) is 82.2 cm³/mol. The fourth-order valence-corrected chi connectivity index (χ4v) is 2.27. The highest BCUT2D eigenvalue weighted by atomic mass is 19.1. The van der Waals surface area contributed by atoms with Gasteiger partial charge in [0.05, 0.1) is 0 Å². The lowest BCUT2D eigenvalue weighted by Crippen LogP contribution is -2.17. The van der Waals surface area contributed by atoms with Crippen molar-refractivity contribution in [2.45, 2.75) is 20.4 Å². The standard InChI is InChI=1S/C16H18FN3O/c1-10-4-3-5-11(2)15(10)19-9-12-6-7-13(17)8-14(12)16(18)20-21/h3-8,19,21H,9H2,1-2H3,(H2,18,20). The molecule has 0 heterocycles. The van der Waals surface area contributed by atoms with Gasteiger partial charge in [-0.25, -0.2) is 4.39 Å². The second-order valence-corrected chi connectivity index (χ2v) is 4.91. The first-order valence-electron chi connectivity index (χ1n) is 6.59. The van der Waals surface area contributed by atoms with E-state index in [1.54, 1.807) is 6.07 Å². The van der Waals surface area contributed by atoms with E-state index >= 15 is 0 Å². The number of nitrogens with one attached hydrogen (secondary N) is 1. The zero-order valence-corrected chi connectivity index (χ0v) is 12.0. The largest absolute Gasteiger partial charge is 0.409 e. The summed E-state index contributed by atoms with van der Waals surface area (Å²) >= 11 is 0. The van der Waals surface area contributed by atoms with E-state index in [4.69, 9.17) is 10.9 Å². The van der Waals surface area contributed by atoms with Gasteiger partial charge in [0.1, 0.15) is 5.82 Å². The third-order valence-electron chi connectivity index (χ3n) is 3.39. The summed E-state index contributed by atoms with van der Waals surface area (Å²) in [4.78, 5) is 0. The molecular formula is C16H18FN3O. The van der Waals surface area contributed by atoms with Gasteiger partial charge < -0.3 is 16.3 Å². The molecule has 21 heavy (non-hydrogen) atoms. The van der Waals surface area contributed by atoms with E-state index in [-0.39, 0.29) is 5.84 Å². The molecule has 0 amide bonds. The minimum absolute atomic E-state index is 0.104. The number of rotatable bonds is 4. The van der Waals surface area contributed by atoms with Gasteiger partial charge in [0, 0.05) is 17.8 Å².